The van der Waals surface area contributed by atoms with E-state index in [9.17, 15) is 14.4 Å². The Hall–Kier alpha value is -6.24. The minimum absolute atomic E-state index is 0.173. The van der Waals surface area contributed by atoms with Gasteiger partial charge in [-0.2, -0.15) is 0 Å². The van der Waals surface area contributed by atoms with Gasteiger partial charge in [-0.15, -0.1) is 0 Å². The quantitative estimate of drug-likeness (QED) is 0.0557. The fourth-order valence-corrected chi connectivity index (χ4v) is 5.74. The van der Waals surface area contributed by atoms with E-state index in [1.807, 2.05) is 115 Å². The zero-order valence-electron chi connectivity index (χ0n) is 29.6. The Balaban J connectivity index is 0.000000179. The molecule has 0 saturated heterocycles. The number of fused-ring (bicyclic) bond motifs is 1. The summed E-state index contributed by atoms with van der Waals surface area (Å²) in [5, 5.41) is 0. The molecule has 1 heterocycles. The van der Waals surface area contributed by atoms with Crippen molar-refractivity contribution in [2.24, 2.45) is 0 Å². The van der Waals surface area contributed by atoms with Crippen LogP contribution in [0.1, 0.15) is 21.5 Å². The molecule has 0 aliphatic heterocycles. The summed E-state index contributed by atoms with van der Waals surface area (Å²) in [6, 6.07) is 44.7. The molecule has 55 heavy (non-hydrogen) atoms. The van der Waals surface area contributed by atoms with Gasteiger partial charge in [-0.05, 0) is 71.8 Å². The van der Waals surface area contributed by atoms with E-state index in [2.05, 4.69) is 46.6 Å². The number of hydrogen-bond donors (Lipinski definition) is 3. The number of H-pyrrole nitrogens is 1. The van der Waals surface area contributed by atoms with Gasteiger partial charge in [0.1, 0.15) is 30.4 Å². The van der Waals surface area contributed by atoms with Crippen molar-refractivity contribution >= 4 is 66.0 Å². The molecule has 0 aliphatic rings. The number of ketones is 1. The molecule has 0 spiro atoms. The third-order valence-corrected chi connectivity index (χ3v) is 8.81. The lowest BCUT2D eigenvalue weighted by atomic mass is 10.1. The Morgan fingerprint density at radius 3 is 1.75 bits per heavy atom. The lowest BCUT2D eigenvalue weighted by Gasteiger charge is -2.12. The number of para-hydroxylation sites is 4. The Bertz CT molecular complexity index is 2420. The van der Waals surface area contributed by atoms with E-state index in [0.717, 1.165) is 21.1 Å². The van der Waals surface area contributed by atoms with Crippen LogP contribution in [0.5, 0.6) is 11.5 Å². The first kappa shape index (κ1) is 40.0. The summed E-state index contributed by atoms with van der Waals surface area (Å²) in [5.41, 5.74) is 16.5. The van der Waals surface area contributed by atoms with Gasteiger partial charge in [0.2, 0.25) is 0 Å². The molecule has 0 radical (unpaired) electrons. The number of carbonyl (C=O) groups excluding carboxylic acids is 2. The Morgan fingerprint density at radius 1 is 0.655 bits per heavy atom. The van der Waals surface area contributed by atoms with E-state index in [1.165, 1.54) is 7.11 Å². The number of aromatic nitrogens is 2. The van der Waals surface area contributed by atoms with Crippen LogP contribution in [0, 0.1) is 0 Å². The summed E-state index contributed by atoms with van der Waals surface area (Å²) in [4.78, 5) is 43.4. The van der Waals surface area contributed by atoms with E-state index in [1.54, 1.807) is 30.3 Å². The Kier molecular flexibility index (Phi) is 14.3. The average Bonchev–Trinajstić information content (AvgIpc) is 3.21. The van der Waals surface area contributed by atoms with Crippen molar-refractivity contribution < 1.29 is 23.8 Å². The minimum atomic E-state index is -0.919. The van der Waals surface area contributed by atoms with Crippen molar-refractivity contribution in [3.63, 3.8) is 0 Å². The topological polar surface area (TPSA) is 160 Å². The largest absolute Gasteiger partial charge is 0.488 e. The second-order valence-electron chi connectivity index (χ2n) is 11.7. The summed E-state index contributed by atoms with van der Waals surface area (Å²) < 4.78 is 17.6. The fourth-order valence-electron chi connectivity index (χ4n) is 5.01. The van der Waals surface area contributed by atoms with Gasteiger partial charge in [-0.25, -0.2) is 9.78 Å². The van der Waals surface area contributed by atoms with Crippen LogP contribution >= 0.6 is 31.9 Å². The molecule has 0 saturated carbocycles. The number of nitrogens with zero attached hydrogens (tertiary/aromatic N) is 1. The fraction of sp³-hybridized carbons (Fsp3) is 0.0698. The molecule has 10 nitrogen and oxygen atoms in total. The molecule has 0 atom stereocenters. The first-order chi connectivity index (χ1) is 26.6. The number of benzene rings is 6. The maximum Gasteiger partial charge on any atom is 0.379 e. The Labute approximate surface area is 334 Å². The predicted octanol–water partition coefficient (Wildman–Crippen LogP) is 9.17. The number of ether oxygens (including phenoxy) is 3. The maximum absolute atomic E-state index is 12.6. The van der Waals surface area contributed by atoms with Gasteiger partial charge < -0.3 is 30.7 Å². The first-order valence-electron chi connectivity index (χ1n) is 16.8. The molecule has 12 heteroatoms. The van der Waals surface area contributed by atoms with E-state index in [0.29, 0.717) is 57.3 Å². The number of Topliss-reactive ketones (excluding diaryl/α,β-unsaturated/α-hetero) is 1. The van der Waals surface area contributed by atoms with Crippen LogP contribution in [0.4, 0.5) is 11.4 Å². The molecule has 0 bridgehead atoms. The van der Waals surface area contributed by atoms with Crippen molar-refractivity contribution in [3.05, 3.63) is 182 Å². The summed E-state index contributed by atoms with van der Waals surface area (Å²) in [6.07, 6.45) is 0. The van der Waals surface area contributed by atoms with E-state index in [4.69, 9.17) is 20.9 Å². The van der Waals surface area contributed by atoms with Crippen LogP contribution in [0.2, 0.25) is 0 Å². The predicted molar refractivity (Wildman–Crippen MR) is 223 cm³/mol. The van der Waals surface area contributed by atoms with Gasteiger partial charge in [0.25, 0.3) is 11.3 Å². The number of nitrogens with two attached hydrogens (primary N) is 2. The first-order valence-corrected chi connectivity index (χ1v) is 18.4. The van der Waals surface area contributed by atoms with Gasteiger partial charge in [0, 0.05) is 14.5 Å². The van der Waals surface area contributed by atoms with Gasteiger partial charge in [-0.1, -0.05) is 117 Å². The van der Waals surface area contributed by atoms with Crippen LogP contribution < -0.4 is 26.5 Å². The number of methoxy groups -OCH3 is 1. The molecule has 6 aromatic carbocycles. The van der Waals surface area contributed by atoms with E-state index >= 15 is 0 Å². The highest BCUT2D eigenvalue weighted by Crippen LogP contribution is 2.31. The zero-order valence-corrected chi connectivity index (χ0v) is 32.7. The van der Waals surface area contributed by atoms with Crippen molar-refractivity contribution in [2.45, 2.75) is 13.2 Å². The van der Waals surface area contributed by atoms with Crippen molar-refractivity contribution in [1.29, 1.82) is 0 Å². The SMILES string of the molecule is COC(=O)C(=O)c1cc(Br)ccc1OCc1ccccc1.Nc1ccccc1N.O=c1[nH]c2ccccc2nc1-c1cc(Br)ccc1OCc1ccccc1. The number of anilines is 2. The van der Waals surface area contributed by atoms with Crippen molar-refractivity contribution in [1.82, 2.24) is 9.97 Å². The van der Waals surface area contributed by atoms with Crippen LogP contribution in [0.15, 0.2) is 159 Å². The molecule has 0 aliphatic carbocycles. The summed E-state index contributed by atoms with van der Waals surface area (Å²) in [6.45, 7) is 0.727. The number of nitrogens with one attached hydrogen (secondary N) is 1. The van der Waals surface area contributed by atoms with Crippen LogP contribution in [-0.2, 0) is 22.7 Å². The summed E-state index contributed by atoms with van der Waals surface area (Å²) >= 11 is 6.74. The number of esters is 1. The van der Waals surface area contributed by atoms with Crippen molar-refractivity contribution in [3.8, 4) is 22.8 Å². The lowest BCUT2D eigenvalue weighted by molar-refractivity contribution is -0.135. The molecule has 1 aromatic heterocycles. The number of halogens is 2. The van der Waals surface area contributed by atoms with Gasteiger partial charge >= 0.3 is 5.97 Å². The monoisotopic (exact) mass is 862 g/mol. The number of aromatic amines is 1. The molecule has 0 unspecified atom stereocenters. The highest BCUT2D eigenvalue weighted by molar-refractivity contribution is 9.10. The van der Waals surface area contributed by atoms with Gasteiger partial charge in [0.05, 0.1) is 35.1 Å². The molecule has 5 N–H and O–H groups in total. The van der Waals surface area contributed by atoms with E-state index < -0.39 is 11.8 Å². The van der Waals surface area contributed by atoms with E-state index in [-0.39, 0.29) is 11.1 Å². The lowest BCUT2D eigenvalue weighted by Crippen LogP contribution is -2.17. The standard InChI is InChI=1S/C21H15BrN2O2.C16H13BrO4.C6H8N2/c22-15-10-11-19(26-13-14-6-2-1-3-7-14)16(12-15)20-21(25)24-18-9-5-4-8-17(18)23-20;1-20-16(19)15(18)13-9-12(17)7-8-14(13)21-10-11-5-3-2-4-6-11;7-5-3-1-2-4-6(5)8/h1-12H,13H2,(H,24,25);2-9H,10H2,1H3;1-4H,7-8H2. The number of nitrogen functional groups attached to an aromatic ring is 2. The van der Waals surface area contributed by atoms with Crippen LogP contribution in [0.3, 0.4) is 0 Å². The average molecular weight is 865 g/mol. The highest BCUT2D eigenvalue weighted by atomic mass is 79.9. The summed E-state index contributed by atoms with van der Waals surface area (Å²) in [5.74, 6) is -0.692. The normalized spacial score (nSPS) is 10.2. The molecule has 0 fully saturated rings. The zero-order chi connectivity index (χ0) is 39.2. The minimum Gasteiger partial charge on any atom is -0.488 e. The Morgan fingerprint density at radius 2 is 1.16 bits per heavy atom. The second-order valence-corrected chi connectivity index (χ2v) is 13.5. The second kappa shape index (κ2) is 19.7. The molecular formula is C43H36Br2N4O6. The third-order valence-electron chi connectivity index (χ3n) is 7.82. The number of hydrogen-bond acceptors (Lipinski definition) is 9. The molecule has 7 aromatic rings. The molecule has 278 valence electrons. The third kappa shape index (κ3) is 11.4. The molecule has 0 amide bonds. The van der Waals surface area contributed by atoms with Gasteiger partial charge in [-0.3, -0.25) is 9.59 Å². The van der Waals surface area contributed by atoms with Crippen molar-refractivity contribution in [2.75, 3.05) is 18.6 Å². The smallest absolute Gasteiger partial charge is 0.379 e. The maximum atomic E-state index is 12.6. The number of carbonyl (C=O) groups is 2. The van der Waals surface area contributed by atoms with Crippen LogP contribution in [0.25, 0.3) is 22.3 Å². The molecule has 7 rings (SSSR count). The summed E-state index contributed by atoms with van der Waals surface area (Å²) in [7, 11) is 1.17. The highest BCUT2D eigenvalue weighted by Gasteiger charge is 2.21. The van der Waals surface area contributed by atoms with Crippen LogP contribution in [-0.4, -0.2) is 28.8 Å². The molecular weight excluding hydrogens is 828 g/mol. The number of rotatable bonds is 9. The van der Waals surface area contributed by atoms with Gasteiger partial charge in [0.15, 0.2) is 0 Å².